The van der Waals surface area contributed by atoms with Crippen LogP contribution < -0.4 is 31.4 Å². The second kappa shape index (κ2) is 34.8. The van der Waals surface area contributed by atoms with Gasteiger partial charge in [-0.1, -0.05) is 94.6 Å². The van der Waals surface area contributed by atoms with Crippen molar-refractivity contribution in [3.05, 3.63) is 198 Å². The number of aliphatic hydroxyl groups excluding tert-OH is 2. The number of esters is 1. The van der Waals surface area contributed by atoms with Crippen LogP contribution in [0, 0.1) is 35.1 Å². The molecule has 29 heteroatoms. The third-order valence-electron chi connectivity index (χ3n) is 14.8. The van der Waals surface area contributed by atoms with Gasteiger partial charge in [0.2, 0.25) is 16.6 Å². The lowest BCUT2D eigenvalue weighted by Gasteiger charge is -2.36. The highest BCUT2D eigenvalue weighted by Gasteiger charge is 2.60. The van der Waals surface area contributed by atoms with Gasteiger partial charge in [-0.2, -0.15) is 0 Å². The predicted octanol–water partition coefficient (Wildman–Crippen LogP) is 12.3. The molecule has 2 aromatic heterocycles. The summed E-state index contributed by atoms with van der Waals surface area (Å²) in [6.07, 6.45) is 3.28. The molecule has 0 radical (unpaired) electrons. The second-order valence-corrected chi connectivity index (χ2v) is 52.2. The number of Topliss-reactive ketones (excluding diaryl/α,β-unsaturated/α-hetero) is 2. The number of carbonyl (C=O) groups is 4. The lowest BCUT2D eigenvalue weighted by Crippen LogP contribution is -2.48. The zero-order valence-corrected chi connectivity index (χ0v) is 59.0. The zero-order chi connectivity index (χ0) is 65.3. The molecule has 6 aromatic rings. The van der Waals surface area contributed by atoms with E-state index in [-0.39, 0.29) is 118 Å². The highest BCUT2D eigenvalue weighted by molar-refractivity contribution is 9.10. The summed E-state index contributed by atoms with van der Waals surface area (Å²) in [6.45, 7) is 7.71. The third kappa shape index (κ3) is 20.3. The van der Waals surface area contributed by atoms with E-state index < -0.39 is 74.6 Å². The molecule has 6 unspecified atom stereocenters. The van der Waals surface area contributed by atoms with Crippen LogP contribution in [0.25, 0.3) is 0 Å². The second-order valence-electron chi connectivity index (χ2n) is 21.5. The third-order valence-corrected chi connectivity index (χ3v) is 59.0. The fourth-order valence-corrected chi connectivity index (χ4v) is 70.7. The molecule has 2 aliphatic carbocycles. The molecule has 0 saturated heterocycles. The molecule has 10 atom stereocenters. The predicted molar refractivity (Wildman–Crippen MR) is 364 cm³/mol. The molecule has 0 bridgehead atoms. The van der Waals surface area contributed by atoms with Crippen molar-refractivity contribution in [2.24, 2.45) is 17.6 Å². The maximum atomic E-state index is 14.1. The van der Waals surface area contributed by atoms with E-state index in [1.165, 1.54) is 23.2 Å². The van der Waals surface area contributed by atoms with E-state index in [1.807, 2.05) is 36.4 Å². The van der Waals surface area contributed by atoms with Crippen LogP contribution in [0.2, 0.25) is 0 Å². The Morgan fingerprint density at radius 2 is 1.27 bits per heavy atom. The van der Waals surface area contributed by atoms with E-state index in [0.717, 1.165) is 62.6 Å². The van der Waals surface area contributed by atoms with Gasteiger partial charge < -0.3 is 49.4 Å². The molecule has 16 nitrogen and oxygen atoms in total. The summed E-state index contributed by atoms with van der Waals surface area (Å²) < 4.78 is 77.5. The van der Waals surface area contributed by atoms with Crippen LogP contribution in [0.4, 0.5) is 17.6 Å². The summed E-state index contributed by atoms with van der Waals surface area (Å²) in [7, 11) is 17.3. The molecule has 1 aliphatic heterocycles. The average Bonchev–Trinajstić information content (AvgIpc) is 1.55. The fourth-order valence-electron chi connectivity index (χ4n) is 9.60. The van der Waals surface area contributed by atoms with Crippen molar-refractivity contribution in [1.29, 1.82) is 0 Å². The molecular weight excluding hydrogens is 1320 g/mol. The Morgan fingerprint density at radius 1 is 0.764 bits per heavy atom. The molecule has 2 saturated carbocycles. The summed E-state index contributed by atoms with van der Waals surface area (Å²) in [5, 5.41) is 21.9. The molecule has 89 heavy (non-hydrogen) atoms. The van der Waals surface area contributed by atoms with Gasteiger partial charge in [-0.25, -0.2) is 22.4 Å². The number of carbonyl (C=O) groups excluding carboxylic acids is 4. The van der Waals surface area contributed by atoms with Crippen LogP contribution in [0.15, 0.2) is 124 Å². The number of fused-ring (bicyclic) bond motifs is 2. The van der Waals surface area contributed by atoms with Gasteiger partial charge in [-0.3, -0.25) is 24.0 Å². The van der Waals surface area contributed by atoms with Gasteiger partial charge >= 0.3 is 5.97 Å². The number of rotatable bonds is 24. The Morgan fingerprint density at radius 3 is 1.71 bits per heavy atom. The number of hydrogen-bond donors (Lipinski definition) is 4. The molecule has 9 rings (SSSR count). The monoisotopic (exact) mass is 1400 g/mol. The van der Waals surface area contributed by atoms with Crippen molar-refractivity contribution in [2.45, 2.75) is 89.6 Å². The van der Waals surface area contributed by atoms with E-state index in [2.05, 4.69) is 63.8 Å². The molecule has 5 N–H and O–H groups in total. The van der Waals surface area contributed by atoms with E-state index >= 15 is 0 Å². The van der Waals surface area contributed by atoms with Crippen LogP contribution in [0.1, 0.15) is 110 Å². The van der Waals surface area contributed by atoms with Crippen molar-refractivity contribution in [3.8, 4) is 11.5 Å². The molecule has 3 heterocycles. The number of halogens is 4. The van der Waals surface area contributed by atoms with E-state index in [9.17, 15) is 51.4 Å². The number of ketones is 2. The summed E-state index contributed by atoms with van der Waals surface area (Å²) in [4.78, 5) is 79.3. The average molecular weight is 1400 g/mol. The van der Waals surface area contributed by atoms with Crippen molar-refractivity contribution < 1.29 is 65.6 Å². The minimum Gasteiger partial charge on any atom is -0.483 e. The van der Waals surface area contributed by atoms with Crippen molar-refractivity contribution in [2.75, 3.05) is 40.0 Å². The Kier molecular flexibility index (Phi) is 29.0. The molecule has 4 aromatic carbocycles. The van der Waals surface area contributed by atoms with Crippen molar-refractivity contribution in [3.63, 3.8) is 0 Å². The number of hydrogen-bond acceptors (Lipinski definition) is 14. The van der Waals surface area contributed by atoms with E-state index in [0.29, 0.717) is 31.9 Å². The molecule has 1 spiro atoms. The van der Waals surface area contributed by atoms with Gasteiger partial charge in [0.1, 0.15) is 48.3 Å². The van der Waals surface area contributed by atoms with E-state index in [1.54, 1.807) is 42.8 Å². The van der Waals surface area contributed by atoms with Crippen molar-refractivity contribution in [1.82, 2.24) is 14.8 Å². The standard InChI is InChI=1S/C28H26F2N2O5.C24H20F2O6.C8H18N2O.H11P9/c1-31-16-28(12-19(28)14-33)32-13-21(23(34)10-8-18-7-9-20(29)11-22(18)30)25(35)26(24(32)27(31)36)37-15-17-5-3-2-4-6-17;1-2-30-24(29)23-22(31-13-15-6-4-3-5-7-15)21(28)18(14-32-23)20(27)11-9-16-8-10-17(25)12-19(16)26;1-6(2)10-5-8(9)3-7(8)4-11;1-6-9(7(2)3)8(4)5/h2-7,9,11,13,19,33H,8,10,12,14-16H2,1H3;3-8,10,12,14H,2,9,11,13H2,1H3;6-7,10-11H,3-5,9H2,1-2H3;6H,1-5H2/t19-,28+;;7-,8+;/m0.0./s1. The summed E-state index contributed by atoms with van der Waals surface area (Å²) >= 11 is 0. The maximum absolute atomic E-state index is 14.1. The number of aliphatic hydroxyl groups is 2. The number of nitrogens with two attached hydrogens (primary N) is 1. The number of pyridine rings is 1. The van der Waals surface area contributed by atoms with Crippen LogP contribution in [0.5, 0.6) is 11.5 Å². The first kappa shape index (κ1) is 74.1. The molecule has 480 valence electrons. The molecule has 2 fully saturated rings. The summed E-state index contributed by atoms with van der Waals surface area (Å²) in [5.74, 6) is -6.43. The number of aryl methyl sites for hydroxylation is 2. The SMILES string of the molecule is CC(C)NC[C@]1(N)C[C@H]1CO.CCOC(=O)c1occ(C(=O)CCc2ccc(F)cc2F)c(=O)c1OCc1ccccc1.CN1C[C@@]2(C[C@H]2CO)n2cc(C(=O)CCc3ccc(F)cc3F)c(=O)c(OCc3ccccc3)c2C1=O.PPP(P(P)P)P(P)P. The number of likely N-dealkylation sites (N-methyl/N-ethyl adjacent to an activating group) is 1. The number of aromatic nitrogens is 1. The Bertz CT molecular complexity index is 3540. The molecule has 3 aliphatic rings. The topological polar surface area (TPSA) is 230 Å². The lowest BCUT2D eigenvalue weighted by molar-refractivity contribution is 0.0476. The molecular formula is C60H75F4N4O12P9. The first-order valence-electron chi connectivity index (χ1n) is 28.1. The Hall–Kier alpha value is -3.91. The van der Waals surface area contributed by atoms with Crippen LogP contribution in [-0.4, -0.2) is 94.7 Å². The van der Waals surface area contributed by atoms with Gasteiger partial charge in [-0.15, -0.1) is 44.6 Å². The number of nitrogens with one attached hydrogen (secondary N) is 1. The Balaban J connectivity index is 0.000000218. The summed E-state index contributed by atoms with van der Waals surface area (Å²) in [5.41, 5.74) is 4.94. The quantitative estimate of drug-likeness (QED) is 0.0191. The van der Waals surface area contributed by atoms with Gasteiger partial charge in [0, 0.05) is 87.9 Å². The van der Waals surface area contributed by atoms with Gasteiger partial charge in [-0.05, 0) is 88.0 Å². The highest BCUT2D eigenvalue weighted by Crippen LogP contribution is 3.04. The number of ether oxygens (including phenoxy) is 3. The van der Waals surface area contributed by atoms with Crippen LogP contribution in [0.3, 0.4) is 0 Å². The first-order valence-corrected chi connectivity index (χ1v) is 43.6. The Labute approximate surface area is 531 Å². The lowest BCUT2D eigenvalue weighted by atomic mass is 10.00. The van der Waals surface area contributed by atoms with E-state index in [4.69, 9.17) is 29.5 Å². The highest BCUT2D eigenvalue weighted by atomic mass is 33.2. The van der Waals surface area contributed by atoms with Gasteiger partial charge in [0.15, 0.2) is 23.0 Å². The maximum Gasteiger partial charge on any atom is 0.378 e. The zero-order valence-electron chi connectivity index (χ0n) is 49.5. The number of amides is 1. The van der Waals surface area contributed by atoms with Crippen molar-refractivity contribution >= 4 is 97.0 Å². The van der Waals surface area contributed by atoms with Crippen LogP contribution in [-0.2, 0) is 36.3 Å². The number of benzene rings is 4. The minimum absolute atomic E-state index is 0.00887. The molecule has 1 amide bonds. The van der Waals surface area contributed by atoms with Gasteiger partial charge in [0.05, 0.1) is 17.7 Å². The largest absolute Gasteiger partial charge is 0.483 e. The number of nitrogens with zero attached hydrogens (tertiary/aromatic N) is 2. The first-order chi connectivity index (χ1) is 42.3. The normalized spacial score (nSPS) is 18.0. The van der Waals surface area contributed by atoms with Crippen LogP contribution >= 0.6 is 73.6 Å². The summed E-state index contributed by atoms with van der Waals surface area (Å²) in [6, 6.07) is 24.6. The fraction of sp³-hybridized carbons (Fsp3) is 0.367. The minimum atomic E-state index is -0.903. The van der Waals surface area contributed by atoms with Gasteiger partial charge in [0.25, 0.3) is 11.7 Å². The smallest absolute Gasteiger partial charge is 0.378 e.